The number of ether oxygens (including phenoxy) is 1. The maximum atomic E-state index is 12.0. The molecule has 0 N–H and O–H groups in total. The molecule has 1 fully saturated rings. The first kappa shape index (κ1) is 20.2. The second kappa shape index (κ2) is 7.30. The molecule has 29 heavy (non-hydrogen) atoms. The van der Waals surface area contributed by atoms with Crippen molar-refractivity contribution in [3.63, 3.8) is 0 Å². The third-order valence-corrected chi connectivity index (χ3v) is 6.99. The minimum Gasteiger partial charge on any atom is -0.367 e. The molecule has 3 aromatic rings. The van der Waals surface area contributed by atoms with Gasteiger partial charge < -0.3 is 9.64 Å². The number of nitrogens with zero attached hydrogens (tertiary/aromatic N) is 4. The van der Waals surface area contributed by atoms with E-state index in [9.17, 15) is 8.42 Å². The van der Waals surface area contributed by atoms with Gasteiger partial charge in [0.15, 0.2) is 9.84 Å². The van der Waals surface area contributed by atoms with Crippen LogP contribution in [0.5, 0.6) is 0 Å². The molecule has 0 radical (unpaired) electrons. The maximum absolute atomic E-state index is 12.0. The average Bonchev–Trinajstić information content (AvgIpc) is 3.17. The van der Waals surface area contributed by atoms with Gasteiger partial charge in [0, 0.05) is 29.0 Å². The second-order valence-corrected chi connectivity index (χ2v) is 11.2. The topological polar surface area (TPSA) is 85.3 Å². The Balaban J connectivity index is 1.68. The Morgan fingerprint density at radius 1 is 1.24 bits per heavy atom. The van der Waals surface area contributed by atoms with Crippen molar-refractivity contribution in [3.8, 4) is 0 Å². The third-order valence-electron chi connectivity index (χ3n) is 4.95. The van der Waals surface area contributed by atoms with E-state index in [1.165, 1.54) is 12.6 Å². The summed E-state index contributed by atoms with van der Waals surface area (Å²) in [5.74, 6) is 0.724. The lowest BCUT2D eigenvalue weighted by molar-refractivity contribution is 0.0393. The number of fused-ring (bicyclic) bond motifs is 1. The van der Waals surface area contributed by atoms with Crippen LogP contribution in [0.25, 0.3) is 10.9 Å². The van der Waals surface area contributed by atoms with E-state index in [1.54, 1.807) is 29.5 Å². The van der Waals surface area contributed by atoms with Gasteiger partial charge in [-0.05, 0) is 18.2 Å². The van der Waals surface area contributed by atoms with Gasteiger partial charge in [0.05, 0.1) is 29.3 Å². The molecule has 0 bridgehead atoms. The van der Waals surface area contributed by atoms with Crippen molar-refractivity contribution in [3.05, 3.63) is 40.6 Å². The summed E-state index contributed by atoms with van der Waals surface area (Å²) in [6.45, 7) is 8.26. The Bertz CT molecular complexity index is 1150. The van der Waals surface area contributed by atoms with Gasteiger partial charge >= 0.3 is 0 Å². The minimum absolute atomic E-state index is 0.00595. The van der Waals surface area contributed by atoms with Gasteiger partial charge in [-0.2, -0.15) is 0 Å². The van der Waals surface area contributed by atoms with Crippen LogP contribution in [-0.4, -0.2) is 49.3 Å². The van der Waals surface area contributed by atoms with Gasteiger partial charge in [0.1, 0.15) is 23.3 Å². The molecule has 1 saturated heterocycles. The summed E-state index contributed by atoms with van der Waals surface area (Å²) in [5, 5.41) is 3.77. The quantitative estimate of drug-likeness (QED) is 0.627. The summed E-state index contributed by atoms with van der Waals surface area (Å²) in [6.07, 6.45) is 2.58. The highest BCUT2D eigenvalue weighted by Gasteiger charge is 2.28. The molecule has 0 spiro atoms. The fourth-order valence-electron chi connectivity index (χ4n) is 3.28. The number of hydrogen-bond acceptors (Lipinski definition) is 8. The highest BCUT2D eigenvalue weighted by atomic mass is 32.2. The zero-order valence-corrected chi connectivity index (χ0v) is 18.5. The van der Waals surface area contributed by atoms with E-state index >= 15 is 0 Å². The van der Waals surface area contributed by atoms with Crippen LogP contribution in [-0.2, 0) is 20.0 Å². The van der Waals surface area contributed by atoms with Crippen molar-refractivity contribution in [1.29, 1.82) is 0 Å². The van der Waals surface area contributed by atoms with Crippen LogP contribution in [0.3, 0.4) is 0 Å². The number of thiazole rings is 1. The zero-order chi connectivity index (χ0) is 20.8. The van der Waals surface area contributed by atoms with Crippen LogP contribution in [0.1, 0.15) is 37.6 Å². The molecule has 0 amide bonds. The van der Waals surface area contributed by atoms with Gasteiger partial charge in [0.2, 0.25) is 0 Å². The van der Waals surface area contributed by atoms with Crippen molar-refractivity contribution in [2.75, 3.05) is 30.9 Å². The molecular formula is C20H24N4O3S2. The van der Waals surface area contributed by atoms with E-state index in [0.29, 0.717) is 19.7 Å². The van der Waals surface area contributed by atoms with Crippen molar-refractivity contribution in [2.24, 2.45) is 0 Å². The molecule has 1 unspecified atom stereocenters. The Kier molecular flexibility index (Phi) is 5.08. The summed E-state index contributed by atoms with van der Waals surface area (Å²) in [4.78, 5) is 16.0. The minimum atomic E-state index is -3.31. The van der Waals surface area contributed by atoms with Crippen LogP contribution >= 0.6 is 11.3 Å². The van der Waals surface area contributed by atoms with Crippen molar-refractivity contribution in [2.45, 2.75) is 37.2 Å². The number of rotatable bonds is 3. The molecule has 1 aliphatic rings. The van der Waals surface area contributed by atoms with E-state index in [2.05, 4.69) is 41.0 Å². The van der Waals surface area contributed by atoms with Gasteiger partial charge in [-0.1, -0.05) is 20.8 Å². The number of hydrogen-bond donors (Lipinski definition) is 0. The molecular weight excluding hydrogens is 408 g/mol. The molecule has 0 aliphatic carbocycles. The van der Waals surface area contributed by atoms with Crippen LogP contribution in [0, 0.1) is 0 Å². The van der Waals surface area contributed by atoms with Crippen LogP contribution in [0.2, 0.25) is 0 Å². The SMILES string of the molecule is CC(C)(C)c1csc(C2CN(c3ncnc4ccc(S(C)(=O)=O)cc34)CCO2)n1. The zero-order valence-electron chi connectivity index (χ0n) is 16.9. The largest absolute Gasteiger partial charge is 0.367 e. The number of morpholine rings is 1. The molecule has 3 heterocycles. The lowest BCUT2D eigenvalue weighted by Crippen LogP contribution is -2.39. The van der Waals surface area contributed by atoms with Gasteiger partial charge in [-0.25, -0.2) is 23.4 Å². The fourth-order valence-corrected chi connectivity index (χ4v) is 5.01. The van der Waals surface area contributed by atoms with Crippen molar-refractivity contribution < 1.29 is 13.2 Å². The molecule has 1 aromatic carbocycles. The summed E-state index contributed by atoms with van der Waals surface area (Å²) >= 11 is 1.61. The Labute approximate surface area is 174 Å². The summed E-state index contributed by atoms with van der Waals surface area (Å²) in [7, 11) is -3.31. The molecule has 9 heteroatoms. The normalized spacial score (nSPS) is 18.3. The Morgan fingerprint density at radius 2 is 2.03 bits per heavy atom. The van der Waals surface area contributed by atoms with Gasteiger partial charge in [-0.3, -0.25) is 0 Å². The molecule has 4 rings (SSSR count). The monoisotopic (exact) mass is 432 g/mol. The first-order valence-corrected chi connectivity index (χ1v) is 12.2. The van der Waals surface area contributed by atoms with E-state index in [0.717, 1.165) is 27.4 Å². The lowest BCUT2D eigenvalue weighted by atomic mass is 9.93. The third kappa shape index (κ3) is 4.12. The smallest absolute Gasteiger partial charge is 0.175 e. The first-order chi connectivity index (χ1) is 13.6. The van der Waals surface area contributed by atoms with Gasteiger partial charge in [0.25, 0.3) is 0 Å². The maximum Gasteiger partial charge on any atom is 0.175 e. The highest BCUT2D eigenvalue weighted by molar-refractivity contribution is 7.90. The van der Waals surface area contributed by atoms with E-state index in [4.69, 9.17) is 9.72 Å². The van der Waals surface area contributed by atoms with Crippen LogP contribution in [0.15, 0.2) is 34.8 Å². The second-order valence-electron chi connectivity index (χ2n) is 8.27. The van der Waals surface area contributed by atoms with Crippen LogP contribution < -0.4 is 4.90 Å². The molecule has 2 aromatic heterocycles. The number of benzene rings is 1. The molecule has 0 saturated carbocycles. The average molecular weight is 433 g/mol. The number of aromatic nitrogens is 3. The van der Waals surface area contributed by atoms with E-state index < -0.39 is 9.84 Å². The van der Waals surface area contributed by atoms with Crippen molar-refractivity contribution >= 4 is 37.9 Å². The Morgan fingerprint density at radius 3 is 2.72 bits per heavy atom. The predicted octanol–water partition coefficient (Wildman–Crippen LogP) is 3.37. The number of sulfone groups is 1. The molecule has 1 aliphatic heterocycles. The fraction of sp³-hybridized carbons (Fsp3) is 0.450. The van der Waals surface area contributed by atoms with Crippen molar-refractivity contribution in [1.82, 2.24) is 15.0 Å². The van der Waals surface area contributed by atoms with E-state index in [1.807, 2.05) is 0 Å². The molecule has 1 atom stereocenters. The first-order valence-electron chi connectivity index (χ1n) is 9.40. The molecule has 7 nitrogen and oxygen atoms in total. The predicted molar refractivity (Wildman–Crippen MR) is 114 cm³/mol. The van der Waals surface area contributed by atoms with E-state index in [-0.39, 0.29) is 16.4 Å². The Hall–Kier alpha value is -2.10. The van der Waals surface area contributed by atoms with Gasteiger partial charge in [-0.15, -0.1) is 11.3 Å². The molecule has 154 valence electrons. The summed E-state index contributed by atoms with van der Waals surface area (Å²) < 4.78 is 30.0. The lowest BCUT2D eigenvalue weighted by Gasteiger charge is -2.33. The summed E-state index contributed by atoms with van der Waals surface area (Å²) in [5.41, 5.74) is 1.77. The standard InChI is InChI=1S/C20H24N4O3S2/c1-20(2,3)17-11-28-19(23-17)16-10-24(7-8-27-16)18-14-9-13(29(4,25)26)5-6-15(14)21-12-22-18/h5-6,9,11-12,16H,7-8,10H2,1-4H3. The highest BCUT2D eigenvalue weighted by Crippen LogP contribution is 2.33. The number of anilines is 1. The van der Waals surface area contributed by atoms with Crippen LogP contribution in [0.4, 0.5) is 5.82 Å². The summed E-state index contributed by atoms with van der Waals surface area (Å²) in [6, 6.07) is 4.97.